The highest BCUT2D eigenvalue weighted by Crippen LogP contribution is 2.27. The molecule has 1 fully saturated rings. The molecule has 3 rings (SSSR count). The van der Waals surface area contributed by atoms with E-state index in [2.05, 4.69) is 5.32 Å². The minimum atomic E-state index is -1.06. The van der Waals surface area contributed by atoms with Crippen LogP contribution in [0, 0.1) is 12.8 Å². The summed E-state index contributed by atoms with van der Waals surface area (Å²) in [6.45, 7) is 2.32. The van der Waals surface area contributed by atoms with Crippen molar-refractivity contribution in [2.45, 2.75) is 19.9 Å². The summed E-state index contributed by atoms with van der Waals surface area (Å²) in [5.41, 5.74) is 2.80. The molecular weight excluding hydrogens is 360 g/mol. The van der Waals surface area contributed by atoms with Gasteiger partial charge in [-0.25, -0.2) is 4.79 Å². The zero-order valence-electron chi connectivity index (χ0n) is 15.6. The molecule has 146 valence electrons. The molecule has 7 heteroatoms. The second-order valence-electron chi connectivity index (χ2n) is 6.79. The minimum absolute atomic E-state index is 0.116. The third-order valence-electron chi connectivity index (χ3n) is 4.56. The number of nitrogens with zero attached hydrogens (tertiary/aromatic N) is 1. The fraction of sp³-hybridized carbons (Fsp3) is 0.286. The van der Waals surface area contributed by atoms with Crippen molar-refractivity contribution in [2.24, 2.45) is 5.92 Å². The number of ether oxygens (including phenoxy) is 1. The second kappa shape index (κ2) is 8.56. The summed E-state index contributed by atoms with van der Waals surface area (Å²) < 4.78 is 5.09. The highest BCUT2D eigenvalue weighted by molar-refractivity contribution is 6.00. The van der Waals surface area contributed by atoms with Crippen LogP contribution in [0.3, 0.4) is 0 Å². The van der Waals surface area contributed by atoms with E-state index in [0.717, 1.165) is 11.1 Å². The second-order valence-corrected chi connectivity index (χ2v) is 6.79. The average Bonchev–Trinajstić information content (AvgIpc) is 3.07. The molecule has 2 amide bonds. The zero-order valence-corrected chi connectivity index (χ0v) is 15.6. The first kappa shape index (κ1) is 19.4. The quantitative estimate of drug-likeness (QED) is 0.765. The van der Waals surface area contributed by atoms with Gasteiger partial charge in [-0.1, -0.05) is 29.8 Å². The fourth-order valence-electron chi connectivity index (χ4n) is 3.16. The lowest BCUT2D eigenvalue weighted by Gasteiger charge is -2.17. The topological polar surface area (TPSA) is 95.9 Å². The molecule has 1 unspecified atom stereocenters. The molecule has 1 saturated heterocycles. The van der Waals surface area contributed by atoms with E-state index in [9.17, 15) is 14.4 Å². The lowest BCUT2D eigenvalue weighted by molar-refractivity contribution is -0.139. The Hall–Kier alpha value is -3.35. The molecule has 0 aromatic heterocycles. The number of carboxylic acids is 1. The van der Waals surface area contributed by atoms with Gasteiger partial charge in [0.25, 0.3) is 0 Å². The number of carboxylic acid groups (broad SMARTS) is 1. The molecule has 28 heavy (non-hydrogen) atoms. The average molecular weight is 382 g/mol. The summed E-state index contributed by atoms with van der Waals surface area (Å²) in [7, 11) is 0. The summed E-state index contributed by atoms with van der Waals surface area (Å²) in [6.07, 6.45) is 0.164. The van der Waals surface area contributed by atoms with Crippen molar-refractivity contribution < 1.29 is 24.2 Å². The maximum atomic E-state index is 12.5. The van der Waals surface area contributed by atoms with E-state index in [0.29, 0.717) is 24.5 Å². The Labute approximate surface area is 162 Å². The summed E-state index contributed by atoms with van der Waals surface area (Å²) in [4.78, 5) is 36.9. The van der Waals surface area contributed by atoms with Crippen LogP contribution in [0.15, 0.2) is 48.5 Å². The molecule has 0 saturated carbocycles. The van der Waals surface area contributed by atoms with Crippen molar-refractivity contribution in [1.29, 1.82) is 0 Å². The maximum absolute atomic E-state index is 12.5. The number of hydrogen-bond acceptors (Lipinski definition) is 4. The number of carbonyl (C=O) groups excluding carboxylic acids is 2. The standard InChI is InChI=1S/C21H22N2O5/c1-14-3-2-4-15(9-14)11-22-21(27)16-10-19(24)23(12-16)17-5-7-18(8-6-17)28-13-20(25)26/h2-9,16H,10-13H2,1H3,(H,22,27)(H,25,26). The largest absolute Gasteiger partial charge is 0.482 e. The Morgan fingerprint density at radius 2 is 1.96 bits per heavy atom. The van der Waals surface area contributed by atoms with Gasteiger partial charge >= 0.3 is 5.97 Å². The third kappa shape index (κ3) is 4.88. The Balaban J connectivity index is 1.56. The van der Waals surface area contributed by atoms with Crippen LogP contribution in [0.2, 0.25) is 0 Å². The first-order valence-corrected chi connectivity index (χ1v) is 9.00. The van der Waals surface area contributed by atoms with Crippen LogP contribution in [0.4, 0.5) is 5.69 Å². The van der Waals surface area contributed by atoms with E-state index in [4.69, 9.17) is 9.84 Å². The predicted molar refractivity (Wildman–Crippen MR) is 103 cm³/mol. The summed E-state index contributed by atoms with van der Waals surface area (Å²) in [5.74, 6) is -1.31. The molecule has 1 atom stereocenters. The first-order chi connectivity index (χ1) is 13.4. The van der Waals surface area contributed by atoms with Gasteiger partial charge in [-0.3, -0.25) is 9.59 Å². The number of hydrogen-bond donors (Lipinski definition) is 2. The van der Waals surface area contributed by atoms with Gasteiger partial charge in [0.15, 0.2) is 6.61 Å². The molecule has 2 N–H and O–H groups in total. The predicted octanol–water partition coefficient (Wildman–Crippen LogP) is 2.13. The molecule has 2 aromatic rings. The van der Waals surface area contributed by atoms with Crippen LogP contribution >= 0.6 is 0 Å². The van der Waals surface area contributed by atoms with E-state index < -0.39 is 18.5 Å². The Kier molecular flexibility index (Phi) is 5.93. The van der Waals surface area contributed by atoms with Gasteiger partial charge < -0.3 is 20.1 Å². The van der Waals surface area contributed by atoms with Crippen LogP contribution in [0.25, 0.3) is 0 Å². The van der Waals surface area contributed by atoms with Crippen molar-refractivity contribution in [3.8, 4) is 5.75 Å². The molecule has 0 bridgehead atoms. The van der Waals surface area contributed by atoms with Crippen LogP contribution in [0.1, 0.15) is 17.5 Å². The number of anilines is 1. The summed E-state index contributed by atoms with van der Waals surface area (Å²) in [6, 6.07) is 14.5. The number of amides is 2. The Bertz CT molecular complexity index is 879. The van der Waals surface area contributed by atoms with Gasteiger partial charge in [0.05, 0.1) is 5.92 Å². The monoisotopic (exact) mass is 382 g/mol. The molecule has 7 nitrogen and oxygen atoms in total. The molecule has 0 radical (unpaired) electrons. The molecule has 1 aliphatic rings. The van der Waals surface area contributed by atoms with Crippen LogP contribution < -0.4 is 15.0 Å². The van der Waals surface area contributed by atoms with Crippen molar-refractivity contribution >= 4 is 23.5 Å². The zero-order chi connectivity index (χ0) is 20.1. The minimum Gasteiger partial charge on any atom is -0.482 e. The molecular formula is C21H22N2O5. The highest BCUT2D eigenvalue weighted by Gasteiger charge is 2.35. The van der Waals surface area contributed by atoms with Crippen LogP contribution in [-0.4, -0.2) is 36.0 Å². The van der Waals surface area contributed by atoms with E-state index in [-0.39, 0.29) is 18.2 Å². The lowest BCUT2D eigenvalue weighted by atomic mass is 10.1. The van der Waals surface area contributed by atoms with E-state index in [1.807, 2.05) is 31.2 Å². The lowest BCUT2D eigenvalue weighted by Crippen LogP contribution is -2.32. The van der Waals surface area contributed by atoms with Gasteiger partial charge in [0.1, 0.15) is 5.75 Å². The van der Waals surface area contributed by atoms with Gasteiger partial charge in [0.2, 0.25) is 11.8 Å². The van der Waals surface area contributed by atoms with Crippen molar-refractivity contribution in [3.05, 3.63) is 59.7 Å². The van der Waals surface area contributed by atoms with Crippen molar-refractivity contribution in [2.75, 3.05) is 18.1 Å². The number of aryl methyl sites for hydroxylation is 1. The van der Waals surface area contributed by atoms with E-state index >= 15 is 0 Å². The van der Waals surface area contributed by atoms with Crippen LogP contribution in [-0.2, 0) is 20.9 Å². The molecule has 1 aliphatic heterocycles. The highest BCUT2D eigenvalue weighted by atomic mass is 16.5. The van der Waals surface area contributed by atoms with E-state index in [1.54, 1.807) is 29.2 Å². The van der Waals surface area contributed by atoms with Gasteiger partial charge in [-0.15, -0.1) is 0 Å². The number of benzene rings is 2. The number of carbonyl (C=O) groups is 3. The molecule has 1 heterocycles. The Morgan fingerprint density at radius 3 is 2.64 bits per heavy atom. The maximum Gasteiger partial charge on any atom is 0.341 e. The van der Waals surface area contributed by atoms with Gasteiger partial charge in [0, 0.05) is 25.2 Å². The summed E-state index contributed by atoms with van der Waals surface area (Å²) >= 11 is 0. The molecule has 2 aromatic carbocycles. The molecule has 0 aliphatic carbocycles. The molecule has 0 spiro atoms. The van der Waals surface area contributed by atoms with Crippen molar-refractivity contribution in [1.82, 2.24) is 5.32 Å². The van der Waals surface area contributed by atoms with Crippen LogP contribution in [0.5, 0.6) is 5.75 Å². The Morgan fingerprint density at radius 1 is 1.21 bits per heavy atom. The van der Waals surface area contributed by atoms with Gasteiger partial charge in [-0.2, -0.15) is 0 Å². The van der Waals surface area contributed by atoms with E-state index in [1.165, 1.54) is 0 Å². The first-order valence-electron chi connectivity index (χ1n) is 9.00. The normalized spacial score (nSPS) is 16.1. The number of nitrogens with one attached hydrogen (secondary N) is 1. The summed E-state index contributed by atoms with van der Waals surface area (Å²) in [5, 5.41) is 11.5. The number of aliphatic carboxylic acids is 1. The van der Waals surface area contributed by atoms with Gasteiger partial charge in [-0.05, 0) is 36.8 Å². The SMILES string of the molecule is Cc1cccc(CNC(=O)C2CC(=O)N(c3ccc(OCC(=O)O)cc3)C2)c1. The fourth-order valence-corrected chi connectivity index (χ4v) is 3.16. The smallest absolute Gasteiger partial charge is 0.341 e. The third-order valence-corrected chi connectivity index (χ3v) is 4.56. The van der Waals surface area contributed by atoms with Crippen molar-refractivity contribution in [3.63, 3.8) is 0 Å². The number of rotatable bonds is 7.